The zero-order valence-corrected chi connectivity index (χ0v) is 22.8. The fourth-order valence-electron chi connectivity index (χ4n) is 5.10. The van der Waals surface area contributed by atoms with E-state index in [2.05, 4.69) is 11.5 Å². The summed E-state index contributed by atoms with van der Waals surface area (Å²) in [7, 11) is 0. The van der Waals surface area contributed by atoms with Gasteiger partial charge in [0, 0.05) is 25.2 Å². The minimum atomic E-state index is -0.537. The van der Waals surface area contributed by atoms with E-state index in [4.69, 9.17) is 9.47 Å². The third-order valence-corrected chi connectivity index (χ3v) is 6.90. The van der Waals surface area contributed by atoms with Crippen LogP contribution in [0.5, 0.6) is 11.5 Å². The molecule has 1 aliphatic rings. The van der Waals surface area contributed by atoms with Crippen LogP contribution in [0.3, 0.4) is 0 Å². The van der Waals surface area contributed by atoms with E-state index in [0.29, 0.717) is 49.1 Å². The van der Waals surface area contributed by atoms with Crippen LogP contribution in [0.2, 0.25) is 0 Å². The first-order valence-corrected chi connectivity index (χ1v) is 13.4. The van der Waals surface area contributed by atoms with Crippen LogP contribution in [0.15, 0.2) is 110 Å². The van der Waals surface area contributed by atoms with Gasteiger partial charge in [-0.2, -0.15) is 0 Å². The van der Waals surface area contributed by atoms with E-state index >= 15 is 0 Å². The zero-order valence-electron chi connectivity index (χ0n) is 22.8. The van der Waals surface area contributed by atoms with Crippen LogP contribution in [-0.2, 0) is 13.1 Å². The highest BCUT2D eigenvalue weighted by atomic mass is 16.6. The minimum Gasteiger partial charge on any atom is -0.490 e. The van der Waals surface area contributed by atoms with Crippen LogP contribution in [0.4, 0.5) is 11.4 Å². The first kappa shape index (κ1) is 27.5. The highest BCUT2D eigenvalue weighted by Crippen LogP contribution is 2.43. The van der Waals surface area contributed by atoms with Gasteiger partial charge in [0.2, 0.25) is 0 Å². The predicted octanol–water partition coefficient (Wildman–Crippen LogP) is 6.92. The van der Waals surface area contributed by atoms with E-state index in [0.717, 1.165) is 16.7 Å². The molecule has 0 bridgehead atoms. The Balaban J connectivity index is 1.70. The van der Waals surface area contributed by atoms with Crippen molar-refractivity contribution in [1.29, 1.82) is 0 Å². The van der Waals surface area contributed by atoms with Gasteiger partial charge in [-0.25, -0.2) is 0 Å². The standard InChI is InChI=1S/C33H31N3O5/c1-3-19-41-30-18-15-26(20-31(30)40-4-2)32-34(22-24-11-7-5-8-12-24)29-17-16-27(36(38)39)21-28(29)33(37)35(32)23-25-13-9-6-10-14-25/h3,5-18,20-21,32H,1,4,19,22-23H2,2H3/t32-/m0/s1. The molecule has 0 aliphatic carbocycles. The van der Waals surface area contributed by atoms with Crippen molar-refractivity contribution in [3.8, 4) is 11.5 Å². The predicted molar refractivity (Wildman–Crippen MR) is 158 cm³/mol. The van der Waals surface area contributed by atoms with E-state index < -0.39 is 11.1 Å². The summed E-state index contributed by atoms with van der Waals surface area (Å²) in [5, 5.41) is 11.7. The summed E-state index contributed by atoms with van der Waals surface area (Å²) in [5.74, 6) is 0.859. The SMILES string of the molecule is C=CCOc1ccc([C@@H]2N(Cc3ccccc3)C(=O)c3cc([N+](=O)[O-])ccc3N2Cc2ccccc2)cc1OCC. The number of hydrogen-bond acceptors (Lipinski definition) is 6. The average Bonchev–Trinajstić information content (AvgIpc) is 3.00. The number of non-ortho nitro benzene ring substituents is 1. The lowest BCUT2D eigenvalue weighted by atomic mass is 9.98. The van der Waals surface area contributed by atoms with E-state index in [9.17, 15) is 14.9 Å². The van der Waals surface area contributed by atoms with Gasteiger partial charge in [0.15, 0.2) is 11.5 Å². The number of nitro groups is 1. The lowest BCUT2D eigenvalue weighted by molar-refractivity contribution is -0.384. The number of anilines is 1. The number of rotatable bonds is 11. The molecule has 0 N–H and O–H groups in total. The summed E-state index contributed by atoms with van der Waals surface area (Å²) < 4.78 is 11.8. The third-order valence-electron chi connectivity index (χ3n) is 6.90. The summed E-state index contributed by atoms with van der Waals surface area (Å²) in [6, 6.07) is 29.9. The first-order chi connectivity index (χ1) is 20.0. The lowest BCUT2D eigenvalue weighted by Gasteiger charge is -2.46. The molecule has 1 atom stereocenters. The summed E-state index contributed by atoms with van der Waals surface area (Å²) in [6.45, 7) is 7.16. The quantitative estimate of drug-likeness (QED) is 0.115. The maximum atomic E-state index is 14.2. The molecule has 1 aliphatic heterocycles. The van der Waals surface area contributed by atoms with E-state index in [-0.39, 0.29) is 11.6 Å². The van der Waals surface area contributed by atoms with Crippen LogP contribution in [-0.4, -0.2) is 28.9 Å². The molecular weight excluding hydrogens is 518 g/mol. The van der Waals surface area contributed by atoms with Crippen molar-refractivity contribution in [3.05, 3.63) is 142 Å². The van der Waals surface area contributed by atoms with Crippen LogP contribution in [0.1, 0.15) is 40.1 Å². The maximum absolute atomic E-state index is 14.2. The van der Waals surface area contributed by atoms with Crippen molar-refractivity contribution < 1.29 is 19.2 Å². The fraction of sp³-hybridized carbons (Fsp3) is 0.182. The molecule has 0 spiro atoms. The normalized spacial score (nSPS) is 14.4. The molecule has 4 aromatic carbocycles. The van der Waals surface area contributed by atoms with Gasteiger partial charge in [-0.3, -0.25) is 14.9 Å². The number of nitro benzene ring substituents is 1. The van der Waals surface area contributed by atoms with Crippen molar-refractivity contribution in [2.45, 2.75) is 26.2 Å². The molecule has 41 heavy (non-hydrogen) atoms. The molecule has 8 nitrogen and oxygen atoms in total. The molecule has 208 valence electrons. The van der Waals surface area contributed by atoms with Gasteiger partial charge >= 0.3 is 0 Å². The maximum Gasteiger partial charge on any atom is 0.270 e. The number of hydrogen-bond donors (Lipinski definition) is 0. The first-order valence-electron chi connectivity index (χ1n) is 13.4. The minimum absolute atomic E-state index is 0.128. The molecule has 0 radical (unpaired) electrons. The van der Waals surface area contributed by atoms with Gasteiger partial charge in [0.05, 0.1) is 22.8 Å². The highest BCUT2D eigenvalue weighted by Gasteiger charge is 2.40. The zero-order chi connectivity index (χ0) is 28.8. The molecule has 8 heteroatoms. The lowest BCUT2D eigenvalue weighted by Crippen LogP contribution is -2.48. The molecular formula is C33H31N3O5. The Labute approximate surface area is 239 Å². The van der Waals surface area contributed by atoms with Crippen LogP contribution in [0.25, 0.3) is 0 Å². The molecule has 4 aromatic rings. The van der Waals surface area contributed by atoms with Gasteiger partial charge in [0.25, 0.3) is 11.6 Å². The molecule has 1 amide bonds. The monoisotopic (exact) mass is 549 g/mol. The topological polar surface area (TPSA) is 85.1 Å². The van der Waals surface area contributed by atoms with Crippen molar-refractivity contribution in [2.75, 3.05) is 18.1 Å². The van der Waals surface area contributed by atoms with Crippen molar-refractivity contribution in [1.82, 2.24) is 4.90 Å². The third kappa shape index (κ3) is 5.91. The van der Waals surface area contributed by atoms with Gasteiger partial charge in [-0.05, 0) is 41.8 Å². The number of amides is 1. The second kappa shape index (κ2) is 12.4. The fourth-order valence-corrected chi connectivity index (χ4v) is 5.10. The van der Waals surface area contributed by atoms with E-state index in [1.54, 1.807) is 17.0 Å². The Morgan fingerprint density at radius 3 is 2.12 bits per heavy atom. The molecule has 0 aromatic heterocycles. The van der Waals surface area contributed by atoms with E-state index in [1.807, 2.05) is 85.8 Å². The molecule has 0 saturated carbocycles. The second-order valence-corrected chi connectivity index (χ2v) is 9.60. The number of carbonyl (C=O) groups excluding carboxylic acids is 1. The molecule has 0 saturated heterocycles. The molecule has 0 unspecified atom stereocenters. The summed E-state index contributed by atoms with van der Waals surface area (Å²) >= 11 is 0. The van der Waals surface area contributed by atoms with Gasteiger partial charge in [0.1, 0.15) is 12.8 Å². The van der Waals surface area contributed by atoms with Gasteiger partial charge in [-0.1, -0.05) is 79.4 Å². The van der Waals surface area contributed by atoms with Crippen LogP contribution >= 0.6 is 0 Å². The Kier molecular flexibility index (Phi) is 8.29. The highest BCUT2D eigenvalue weighted by molar-refractivity contribution is 6.02. The Morgan fingerprint density at radius 2 is 1.51 bits per heavy atom. The number of carbonyl (C=O) groups is 1. The van der Waals surface area contributed by atoms with Crippen molar-refractivity contribution in [2.24, 2.45) is 0 Å². The van der Waals surface area contributed by atoms with Crippen molar-refractivity contribution in [3.63, 3.8) is 0 Å². The average molecular weight is 550 g/mol. The Bertz CT molecular complexity index is 1540. The summed E-state index contributed by atoms with van der Waals surface area (Å²) in [5.41, 5.74) is 3.59. The Hall–Kier alpha value is -5.11. The van der Waals surface area contributed by atoms with Crippen molar-refractivity contribution >= 4 is 17.3 Å². The number of nitrogens with zero attached hydrogens (tertiary/aromatic N) is 3. The molecule has 0 fully saturated rings. The van der Waals surface area contributed by atoms with Crippen LogP contribution in [0, 0.1) is 10.1 Å². The number of benzene rings is 4. The summed E-state index contributed by atoms with van der Waals surface area (Å²) in [4.78, 5) is 29.3. The number of ether oxygens (including phenoxy) is 2. The molecule has 5 rings (SSSR count). The van der Waals surface area contributed by atoms with Gasteiger partial charge < -0.3 is 19.3 Å². The second-order valence-electron chi connectivity index (χ2n) is 9.60. The summed E-state index contributed by atoms with van der Waals surface area (Å²) in [6.07, 6.45) is 1.13. The van der Waals surface area contributed by atoms with E-state index in [1.165, 1.54) is 12.1 Å². The largest absolute Gasteiger partial charge is 0.490 e. The smallest absolute Gasteiger partial charge is 0.270 e. The Morgan fingerprint density at radius 1 is 0.854 bits per heavy atom. The molecule has 1 heterocycles. The number of fused-ring (bicyclic) bond motifs is 1. The van der Waals surface area contributed by atoms with Gasteiger partial charge in [-0.15, -0.1) is 0 Å². The van der Waals surface area contributed by atoms with Crippen LogP contribution < -0.4 is 14.4 Å².